The van der Waals surface area contributed by atoms with Crippen molar-refractivity contribution in [1.82, 2.24) is 5.43 Å². The largest absolute Gasteiger partial charge is 0.493 e. The molecule has 0 saturated carbocycles. The van der Waals surface area contributed by atoms with E-state index in [0.29, 0.717) is 29.4 Å². The summed E-state index contributed by atoms with van der Waals surface area (Å²) in [5, 5.41) is 3.97. The highest BCUT2D eigenvalue weighted by Crippen LogP contribution is 2.38. The van der Waals surface area contributed by atoms with Gasteiger partial charge in [-0.3, -0.25) is 4.79 Å². The molecular formula is C20H22N2O5. The lowest BCUT2D eigenvalue weighted by Crippen LogP contribution is -2.18. The predicted molar refractivity (Wildman–Crippen MR) is 103 cm³/mol. The van der Waals surface area contributed by atoms with E-state index in [2.05, 4.69) is 17.1 Å². The number of methoxy groups -OCH3 is 3. The Morgan fingerprint density at radius 1 is 1.07 bits per heavy atom. The number of amides is 1. The third kappa shape index (κ3) is 5.24. The molecule has 7 heteroatoms. The van der Waals surface area contributed by atoms with Crippen LogP contribution >= 0.6 is 0 Å². The molecule has 0 aliphatic rings. The van der Waals surface area contributed by atoms with E-state index in [1.165, 1.54) is 27.5 Å². The van der Waals surface area contributed by atoms with Gasteiger partial charge in [0.25, 0.3) is 5.91 Å². The molecule has 1 N–H and O–H groups in total. The van der Waals surface area contributed by atoms with E-state index < -0.39 is 5.91 Å². The zero-order valence-electron chi connectivity index (χ0n) is 15.5. The Labute approximate surface area is 158 Å². The molecule has 27 heavy (non-hydrogen) atoms. The maximum atomic E-state index is 12.3. The molecule has 0 spiro atoms. The van der Waals surface area contributed by atoms with Gasteiger partial charge in [-0.15, -0.1) is 0 Å². The van der Waals surface area contributed by atoms with Gasteiger partial charge in [0.05, 0.1) is 27.5 Å². The molecule has 0 unspecified atom stereocenters. The topological polar surface area (TPSA) is 78.4 Å². The Morgan fingerprint density at radius 2 is 1.70 bits per heavy atom. The summed E-state index contributed by atoms with van der Waals surface area (Å²) in [6, 6.07) is 10.4. The minimum atomic E-state index is -0.406. The van der Waals surface area contributed by atoms with Gasteiger partial charge in [-0.05, 0) is 42.0 Å². The SMILES string of the molecule is C=CCOc1ccc(C=NNC(=O)c2cc(OC)c(OC)c(OC)c2)cc1. The number of benzene rings is 2. The number of nitrogens with zero attached hydrogens (tertiary/aromatic N) is 1. The smallest absolute Gasteiger partial charge is 0.271 e. The third-order valence-electron chi connectivity index (χ3n) is 3.55. The summed E-state index contributed by atoms with van der Waals surface area (Å²) in [5.74, 6) is 1.52. The predicted octanol–water partition coefficient (Wildman–Crippen LogP) is 3.04. The molecule has 2 aromatic rings. The highest BCUT2D eigenvalue weighted by molar-refractivity contribution is 5.96. The monoisotopic (exact) mass is 370 g/mol. The van der Waals surface area contributed by atoms with Gasteiger partial charge in [0.15, 0.2) is 11.5 Å². The molecule has 0 aliphatic carbocycles. The fourth-order valence-electron chi connectivity index (χ4n) is 2.25. The Balaban J connectivity index is 2.06. The van der Waals surface area contributed by atoms with E-state index in [9.17, 15) is 4.79 Å². The van der Waals surface area contributed by atoms with Crippen LogP contribution in [0.25, 0.3) is 0 Å². The van der Waals surface area contributed by atoms with Crippen LogP contribution in [0, 0.1) is 0 Å². The molecular weight excluding hydrogens is 348 g/mol. The van der Waals surface area contributed by atoms with Crippen LogP contribution in [0.2, 0.25) is 0 Å². The number of ether oxygens (including phenoxy) is 4. The summed E-state index contributed by atoms with van der Waals surface area (Å²) in [7, 11) is 4.47. The number of hydrazone groups is 1. The molecule has 2 rings (SSSR count). The fraction of sp³-hybridized carbons (Fsp3) is 0.200. The minimum Gasteiger partial charge on any atom is -0.493 e. The zero-order chi connectivity index (χ0) is 19.6. The molecule has 0 atom stereocenters. The first-order chi connectivity index (χ1) is 13.1. The number of nitrogens with one attached hydrogen (secondary N) is 1. The Morgan fingerprint density at radius 3 is 2.22 bits per heavy atom. The molecule has 0 fully saturated rings. The maximum absolute atomic E-state index is 12.3. The van der Waals surface area contributed by atoms with Gasteiger partial charge < -0.3 is 18.9 Å². The molecule has 1 amide bonds. The molecule has 7 nitrogen and oxygen atoms in total. The van der Waals surface area contributed by atoms with Gasteiger partial charge in [0, 0.05) is 5.56 Å². The maximum Gasteiger partial charge on any atom is 0.271 e. The van der Waals surface area contributed by atoms with Gasteiger partial charge in [0.1, 0.15) is 12.4 Å². The molecule has 0 saturated heterocycles. The van der Waals surface area contributed by atoms with E-state index in [-0.39, 0.29) is 0 Å². The first-order valence-electron chi connectivity index (χ1n) is 8.10. The van der Waals surface area contributed by atoms with Gasteiger partial charge in [0.2, 0.25) is 5.75 Å². The number of carbonyl (C=O) groups is 1. The fourth-order valence-corrected chi connectivity index (χ4v) is 2.25. The molecule has 0 aliphatic heterocycles. The van der Waals surface area contributed by atoms with Crippen LogP contribution in [0.5, 0.6) is 23.0 Å². The summed E-state index contributed by atoms with van der Waals surface area (Å²) >= 11 is 0. The van der Waals surface area contributed by atoms with Crippen molar-refractivity contribution in [2.24, 2.45) is 5.10 Å². The second-order valence-electron chi connectivity index (χ2n) is 5.28. The second-order valence-corrected chi connectivity index (χ2v) is 5.28. The van der Waals surface area contributed by atoms with Gasteiger partial charge in [-0.25, -0.2) is 5.43 Å². The van der Waals surface area contributed by atoms with Crippen LogP contribution in [-0.4, -0.2) is 40.1 Å². The minimum absolute atomic E-state index is 0.329. The van der Waals surface area contributed by atoms with E-state index in [4.69, 9.17) is 18.9 Å². The number of hydrogen-bond donors (Lipinski definition) is 1. The molecule has 0 heterocycles. The van der Waals surface area contributed by atoms with E-state index in [1.807, 2.05) is 24.3 Å². The lowest BCUT2D eigenvalue weighted by Gasteiger charge is -2.13. The normalized spacial score (nSPS) is 10.3. The number of rotatable bonds is 9. The molecule has 2 aromatic carbocycles. The van der Waals surface area contributed by atoms with Crippen LogP contribution in [0.4, 0.5) is 0 Å². The summed E-state index contributed by atoms with van der Waals surface area (Å²) in [6.45, 7) is 4.04. The summed E-state index contributed by atoms with van der Waals surface area (Å²) in [4.78, 5) is 12.3. The zero-order valence-corrected chi connectivity index (χ0v) is 15.5. The Kier molecular flexibility index (Phi) is 7.25. The van der Waals surface area contributed by atoms with E-state index in [0.717, 1.165) is 11.3 Å². The van der Waals surface area contributed by atoms with Crippen molar-refractivity contribution in [2.75, 3.05) is 27.9 Å². The van der Waals surface area contributed by atoms with Crippen molar-refractivity contribution >= 4 is 12.1 Å². The Hall–Kier alpha value is -3.48. The lowest BCUT2D eigenvalue weighted by atomic mass is 10.1. The van der Waals surface area contributed by atoms with Crippen LogP contribution in [0.1, 0.15) is 15.9 Å². The van der Waals surface area contributed by atoms with Crippen molar-refractivity contribution < 1.29 is 23.7 Å². The molecule has 142 valence electrons. The first kappa shape index (κ1) is 19.8. The molecule has 0 aromatic heterocycles. The van der Waals surface area contributed by atoms with Crippen LogP contribution in [-0.2, 0) is 0 Å². The van der Waals surface area contributed by atoms with Crippen molar-refractivity contribution in [3.05, 3.63) is 60.2 Å². The van der Waals surface area contributed by atoms with E-state index >= 15 is 0 Å². The van der Waals surface area contributed by atoms with E-state index in [1.54, 1.807) is 18.2 Å². The number of carbonyl (C=O) groups excluding carboxylic acids is 1. The standard InChI is InChI=1S/C20H22N2O5/c1-5-10-27-16-8-6-14(7-9-16)13-21-22-20(23)15-11-17(24-2)19(26-4)18(12-15)25-3/h5-9,11-13H,1,10H2,2-4H3,(H,22,23). The second kappa shape index (κ2) is 9.86. The highest BCUT2D eigenvalue weighted by atomic mass is 16.5. The number of hydrogen-bond acceptors (Lipinski definition) is 6. The first-order valence-corrected chi connectivity index (χ1v) is 8.10. The van der Waals surface area contributed by atoms with Crippen molar-refractivity contribution in [1.29, 1.82) is 0 Å². The van der Waals surface area contributed by atoms with Crippen molar-refractivity contribution in [2.45, 2.75) is 0 Å². The van der Waals surface area contributed by atoms with Crippen molar-refractivity contribution in [3.8, 4) is 23.0 Å². The lowest BCUT2D eigenvalue weighted by molar-refractivity contribution is 0.0954. The quantitative estimate of drug-likeness (QED) is 0.417. The summed E-state index contributed by atoms with van der Waals surface area (Å²) < 4.78 is 21.1. The third-order valence-corrected chi connectivity index (χ3v) is 3.55. The summed E-state index contributed by atoms with van der Waals surface area (Å²) in [5.41, 5.74) is 3.61. The molecule has 0 radical (unpaired) electrons. The van der Waals surface area contributed by atoms with Gasteiger partial charge >= 0.3 is 0 Å². The van der Waals surface area contributed by atoms with Crippen LogP contribution in [0.3, 0.4) is 0 Å². The average molecular weight is 370 g/mol. The van der Waals surface area contributed by atoms with Crippen LogP contribution < -0.4 is 24.4 Å². The average Bonchev–Trinajstić information content (AvgIpc) is 2.71. The summed E-state index contributed by atoms with van der Waals surface area (Å²) in [6.07, 6.45) is 3.21. The van der Waals surface area contributed by atoms with Crippen LogP contribution in [0.15, 0.2) is 54.2 Å². The Bertz CT molecular complexity index is 791. The van der Waals surface area contributed by atoms with Gasteiger partial charge in [-0.2, -0.15) is 5.10 Å². The molecule has 0 bridgehead atoms. The highest BCUT2D eigenvalue weighted by Gasteiger charge is 2.16. The van der Waals surface area contributed by atoms with Gasteiger partial charge in [-0.1, -0.05) is 12.7 Å². The van der Waals surface area contributed by atoms with Crippen molar-refractivity contribution in [3.63, 3.8) is 0 Å².